The number of alkyl halides is 11. The lowest BCUT2D eigenvalue weighted by atomic mass is 9.71. The first kappa shape index (κ1) is 25.0. The molecule has 32 heavy (non-hydrogen) atoms. The Hall–Kier alpha value is -3.28. The Labute approximate surface area is 166 Å². The topological polar surface area (TPSA) is 115 Å². The summed E-state index contributed by atoms with van der Waals surface area (Å²) in [7, 11) is 0. The minimum Gasteiger partial charge on any atom is -0.323 e. The molecule has 0 atom stereocenters. The molecule has 0 spiro atoms. The molecule has 0 heterocycles. The van der Waals surface area contributed by atoms with Crippen LogP contribution in [0.1, 0.15) is 0 Å². The monoisotopic (exact) mass is 491 g/mol. The average molecular weight is 491 g/mol. The molecule has 0 aromatic heterocycles. The number of nitro benzene ring substituents is 2. The minimum absolute atomic E-state index is 0.122. The van der Waals surface area contributed by atoms with Crippen LogP contribution in [-0.2, 0) is 4.79 Å². The highest BCUT2D eigenvalue weighted by Gasteiger charge is 3.02. The number of nitro groups is 2. The van der Waals surface area contributed by atoms with Crippen molar-refractivity contribution in [3.8, 4) is 0 Å². The van der Waals surface area contributed by atoms with Gasteiger partial charge < -0.3 is 5.32 Å². The van der Waals surface area contributed by atoms with Crippen molar-refractivity contribution < 1.29 is 62.9 Å². The standard InChI is InChI=1S/C13H4F11N3O5/c14-8(7(28)25-4-1-2-5(26(29)30)6(3-4)27(31)32)9(15,16)11(19,20)13(23,24)12(21,22)10(8,17)18/h1-3H,(H,25,28). The van der Waals surface area contributed by atoms with Crippen LogP contribution in [0.2, 0.25) is 0 Å². The van der Waals surface area contributed by atoms with Gasteiger partial charge in [0.15, 0.2) is 0 Å². The molecule has 8 nitrogen and oxygen atoms in total. The Morgan fingerprint density at radius 2 is 1.06 bits per heavy atom. The first-order chi connectivity index (χ1) is 14.1. The van der Waals surface area contributed by atoms with Crippen LogP contribution >= 0.6 is 0 Å². The molecule has 1 aromatic carbocycles. The number of nitrogens with one attached hydrogen (secondary N) is 1. The number of rotatable bonds is 4. The van der Waals surface area contributed by atoms with Crippen molar-refractivity contribution in [1.82, 2.24) is 0 Å². The molecule has 2 rings (SSSR count). The van der Waals surface area contributed by atoms with Crippen molar-refractivity contribution in [2.45, 2.75) is 35.3 Å². The van der Waals surface area contributed by atoms with Crippen LogP contribution in [0.3, 0.4) is 0 Å². The van der Waals surface area contributed by atoms with Crippen molar-refractivity contribution >= 4 is 23.0 Å². The third-order valence-corrected chi connectivity index (χ3v) is 4.38. The molecule has 0 unspecified atom stereocenters. The summed E-state index contributed by atoms with van der Waals surface area (Å²) in [6.45, 7) is 0. The molecule has 1 aliphatic rings. The first-order valence-electron chi connectivity index (χ1n) is 7.45. The maximum atomic E-state index is 14.6. The van der Waals surface area contributed by atoms with Gasteiger partial charge in [-0.15, -0.1) is 0 Å². The van der Waals surface area contributed by atoms with E-state index in [9.17, 15) is 73.3 Å². The molecule has 1 aromatic rings. The van der Waals surface area contributed by atoms with Gasteiger partial charge in [0.05, 0.1) is 9.85 Å². The fourth-order valence-corrected chi connectivity index (χ4v) is 2.63. The zero-order valence-electron chi connectivity index (χ0n) is 14.3. The Morgan fingerprint density at radius 3 is 1.44 bits per heavy atom. The van der Waals surface area contributed by atoms with Crippen LogP contribution in [0.15, 0.2) is 18.2 Å². The predicted molar refractivity (Wildman–Crippen MR) is 77.0 cm³/mol. The predicted octanol–water partition coefficient (Wildman–Crippen LogP) is 4.34. The van der Waals surface area contributed by atoms with E-state index in [2.05, 4.69) is 0 Å². The van der Waals surface area contributed by atoms with Crippen LogP contribution in [0.25, 0.3) is 0 Å². The summed E-state index contributed by atoms with van der Waals surface area (Å²) in [6, 6.07) is 0.187. The van der Waals surface area contributed by atoms with E-state index in [1.165, 1.54) is 0 Å². The molecule has 1 fully saturated rings. The van der Waals surface area contributed by atoms with Gasteiger partial charge in [-0.3, -0.25) is 25.0 Å². The molecule has 0 saturated heterocycles. The molecule has 0 radical (unpaired) electrons. The highest BCUT2D eigenvalue weighted by atomic mass is 19.4. The molecule has 1 saturated carbocycles. The molecule has 0 aliphatic heterocycles. The molecular weight excluding hydrogens is 487 g/mol. The number of nitrogens with zero attached hydrogens (tertiary/aromatic N) is 2. The third-order valence-electron chi connectivity index (χ3n) is 4.38. The van der Waals surface area contributed by atoms with Crippen molar-refractivity contribution in [2.75, 3.05) is 5.32 Å². The normalized spacial score (nSPS) is 23.7. The number of hydrogen-bond donors (Lipinski definition) is 1. The third kappa shape index (κ3) is 2.65. The number of anilines is 1. The SMILES string of the molecule is O=C(Nc1ccc([N+](=O)[O-])c([N+](=O)[O-])c1)C1(F)C(F)(F)C(F)(F)C(F)(F)C(F)(F)C1(F)F. The van der Waals surface area contributed by atoms with Gasteiger partial charge in [-0.25, -0.2) is 4.39 Å². The lowest BCUT2D eigenvalue weighted by molar-refractivity contribution is -0.475. The van der Waals surface area contributed by atoms with Gasteiger partial charge in [-0.1, -0.05) is 0 Å². The lowest BCUT2D eigenvalue weighted by Crippen LogP contribution is -2.86. The highest BCUT2D eigenvalue weighted by Crippen LogP contribution is 2.69. The summed E-state index contributed by atoms with van der Waals surface area (Å²) >= 11 is 0. The molecule has 1 N–H and O–H groups in total. The van der Waals surface area contributed by atoms with Gasteiger partial charge in [0.1, 0.15) is 0 Å². The summed E-state index contributed by atoms with van der Waals surface area (Å²) < 4.78 is 150. The van der Waals surface area contributed by atoms with Gasteiger partial charge in [0.25, 0.3) is 5.91 Å². The minimum atomic E-state index is -7.53. The zero-order valence-corrected chi connectivity index (χ0v) is 14.3. The average Bonchev–Trinajstić information content (AvgIpc) is 2.65. The largest absolute Gasteiger partial charge is 0.384 e. The van der Waals surface area contributed by atoms with E-state index >= 15 is 0 Å². The van der Waals surface area contributed by atoms with E-state index in [4.69, 9.17) is 0 Å². The Bertz CT molecular complexity index is 983. The van der Waals surface area contributed by atoms with E-state index in [0.29, 0.717) is 5.32 Å². The summed E-state index contributed by atoms with van der Waals surface area (Å²) in [4.78, 5) is 30.2. The van der Waals surface area contributed by atoms with Gasteiger partial charge in [-0.05, 0) is 6.07 Å². The smallest absolute Gasteiger partial charge is 0.323 e. The van der Waals surface area contributed by atoms with Crippen LogP contribution in [0, 0.1) is 20.2 Å². The van der Waals surface area contributed by atoms with Gasteiger partial charge in [0, 0.05) is 17.8 Å². The molecule has 178 valence electrons. The second-order valence-corrected chi connectivity index (χ2v) is 6.20. The fourth-order valence-electron chi connectivity index (χ4n) is 2.63. The lowest BCUT2D eigenvalue weighted by Gasteiger charge is -2.51. The van der Waals surface area contributed by atoms with Crippen LogP contribution < -0.4 is 5.32 Å². The van der Waals surface area contributed by atoms with Crippen molar-refractivity contribution in [3.63, 3.8) is 0 Å². The van der Waals surface area contributed by atoms with Gasteiger partial charge in [0.2, 0.25) is 0 Å². The van der Waals surface area contributed by atoms with E-state index in [0.717, 1.165) is 0 Å². The summed E-state index contributed by atoms with van der Waals surface area (Å²) in [6.07, 6.45) is 0. The Balaban J connectivity index is 2.67. The molecule has 0 bridgehead atoms. The van der Waals surface area contributed by atoms with Gasteiger partial charge in [-0.2, -0.15) is 43.9 Å². The number of benzene rings is 1. The number of carbonyl (C=O) groups is 1. The van der Waals surface area contributed by atoms with Crippen molar-refractivity contribution in [1.29, 1.82) is 0 Å². The summed E-state index contributed by atoms with van der Waals surface area (Å²) in [5.41, 5.74) is -11.3. The Kier molecular flexibility index (Phi) is 5.16. The van der Waals surface area contributed by atoms with Crippen LogP contribution in [0.5, 0.6) is 0 Å². The van der Waals surface area contributed by atoms with E-state index in [1.807, 2.05) is 0 Å². The number of hydrogen-bond acceptors (Lipinski definition) is 5. The Morgan fingerprint density at radius 1 is 0.688 bits per heavy atom. The van der Waals surface area contributed by atoms with Crippen LogP contribution in [0.4, 0.5) is 65.4 Å². The number of carbonyl (C=O) groups excluding carboxylic acids is 1. The second kappa shape index (κ2) is 6.61. The maximum absolute atomic E-state index is 14.6. The highest BCUT2D eigenvalue weighted by molar-refractivity contribution is 6.00. The van der Waals surface area contributed by atoms with Crippen LogP contribution in [-0.4, -0.2) is 51.0 Å². The number of halogens is 11. The summed E-state index contributed by atoms with van der Waals surface area (Å²) in [5, 5.41) is 22.0. The van der Waals surface area contributed by atoms with Crippen molar-refractivity contribution in [2.24, 2.45) is 0 Å². The quantitative estimate of drug-likeness (QED) is 0.382. The molecule has 1 aliphatic carbocycles. The molecular formula is C13H4F11N3O5. The molecule has 19 heteroatoms. The second-order valence-electron chi connectivity index (χ2n) is 6.20. The van der Waals surface area contributed by atoms with Gasteiger partial charge >= 0.3 is 46.7 Å². The van der Waals surface area contributed by atoms with Crippen molar-refractivity contribution in [3.05, 3.63) is 38.4 Å². The molecule has 1 amide bonds. The van der Waals surface area contributed by atoms with E-state index < -0.39 is 68.1 Å². The number of amides is 1. The summed E-state index contributed by atoms with van der Waals surface area (Å²) in [5.74, 6) is -41.2. The maximum Gasteiger partial charge on any atom is 0.384 e. The zero-order chi connectivity index (χ0) is 25.3. The fraction of sp³-hybridized carbons (Fsp3) is 0.462. The van der Waals surface area contributed by atoms with E-state index in [-0.39, 0.29) is 18.2 Å². The first-order valence-corrected chi connectivity index (χ1v) is 7.45. The van der Waals surface area contributed by atoms with E-state index in [1.54, 1.807) is 0 Å².